The van der Waals surface area contributed by atoms with Crippen molar-refractivity contribution in [3.05, 3.63) is 5.92 Å². The van der Waals surface area contributed by atoms with Gasteiger partial charge in [-0.2, -0.15) is 0 Å². The van der Waals surface area contributed by atoms with Crippen LogP contribution in [0.2, 0.25) is 0 Å². The lowest BCUT2D eigenvalue weighted by Gasteiger charge is -2.38. The Hall–Kier alpha value is -0.0400. The summed E-state index contributed by atoms with van der Waals surface area (Å²) < 4.78 is 0. The van der Waals surface area contributed by atoms with Gasteiger partial charge in [0.05, 0.1) is 0 Å². The zero-order chi connectivity index (χ0) is 5.40. The average Bonchev–Trinajstić information content (AvgIpc) is 1.92. The van der Waals surface area contributed by atoms with E-state index < -0.39 is 0 Å². The van der Waals surface area contributed by atoms with E-state index in [1.54, 1.807) is 0 Å². The molecule has 45 valence electrons. The minimum atomic E-state index is 1.36. The number of piperidine rings is 3. The minimum Gasteiger partial charge on any atom is -0.303 e. The van der Waals surface area contributed by atoms with Gasteiger partial charge >= 0.3 is 0 Å². The van der Waals surface area contributed by atoms with Crippen molar-refractivity contribution in [2.75, 3.05) is 19.6 Å². The van der Waals surface area contributed by atoms with E-state index in [1.807, 2.05) is 5.92 Å². The molecule has 0 aromatic rings. The van der Waals surface area contributed by atoms with Crippen LogP contribution >= 0.6 is 0 Å². The maximum absolute atomic E-state index is 2.56. The highest BCUT2D eigenvalue weighted by Crippen LogP contribution is 2.28. The molecular formula is C7H12N. The Kier molecular flexibility index (Phi) is 1.04. The zero-order valence-corrected chi connectivity index (χ0v) is 5.19. The van der Waals surface area contributed by atoms with Gasteiger partial charge in [-0.25, -0.2) is 0 Å². The van der Waals surface area contributed by atoms with E-state index in [9.17, 15) is 0 Å². The molecule has 3 heterocycles. The van der Waals surface area contributed by atoms with Crippen LogP contribution in [0.5, 0.6) is 0 Å². The first-order valence-corrected chi connectivity index (χ1v) is 3.51. The second-order valence-corrected chi connectivity index (χ2v) is 2.84. The molecule has 2 bridgehead atoms. The third-order valence-corrected chi connectivity index (χ3v) is 2.34. The predicted molar refractivity (Wildman–Crippen MR) is 33.5 cm³/mol. The summed E-state index contributed by atoms with van der Waals surface area (Å²) in [6.45, 7) is 4.07. The SMILES string of the molecule is C1CN2CC[C]1CC2. The summed E-state index contributed by atoms with van der Waals surface area (Å²) in [5.41, 5.74) is 0. The Morgan fingerprint density at radius 1 is 0.875 bits per heavy atom. The van der Waals surface area contributed by atoms with Gasteiger partial charge in [0.1, 0.15) is 0 Å². The monoisotopic (exact) mass is 110 g/mol. The third-order valence-electron chi connectivity index (χ3n) is 2.34. The summed E-state index contributed by atoms with van der Waals surface area (Å²) in [5.74, 6) is 1.83. The number of rotatable bonds is 0. The lowest BCUT2D eigenvalue weighted by Crippen LogP contribution is -2.40. The first-order chi connectivity index (χ1) is 3.95. The van der Waals surface area contributed by atoms with Gasteiger partial charge in [-0.1, -0.05) is 0 Å². The summed E-state index contributed by atoms with van der Waals surface area (Å²) in [6, 6.07) is 0. The van der Waals surface area contributed by atoms with Gasteiger partial charge in [-0.05, 0) is 44.8 Å². The van der Waals surface area contributed by atoms with Crippen LogP contribution < -0.4 is 0 Å². The molecule has 0 spiro atoms. The molecule has 0 amide bonds. The fraction of sp³-hybridized carbons (Fsp3) is 0.857. The Labute approximate surface area is 50.7 Å². The molecule has 3 rings (SSSR count). The van der Waals surface area contributed by atoms with Gasteiger partial charge in [-0.3, -0.25) is 0 Å². The Balaban J connectivity index is 2.03. The lowest BCUT2D eigenvalue weighted by molar-refractivity contribution is 0.188. The summed E-state index contributed by atoms with van der Waals surface area (Å²) in [5, 5.41) is 0. The molecule has 0 saturated carbocycles. The zero-order valence-electron chi connectivity index (χ0n) is 5.19. The number of fused-ring (bicyclic) bond motifs is 3. The van der Waals surface area contributed by atoms with Crippen molar-refractivity contribution in [2.45, 2.75) is 19.3 Å². The van der Waals surface area contributed by atoms with Gasteiger partial charge in [-0.15, -0.1) is 0 Å². The minimum absolute atomic E-state index is 1.36. The molecule has 3 aliphatic heterocycles. The summed E-state index contributed by atoms with van der Waals surface area (Å²) in [6.07, 6.45) is 4.21. The van der Waals surface area contributed by atoms with Crippen LogP contribution in [0.25, 0.3) is 0 Å². The molecule has 0 atom stereocenters. The van der Waals surface area contributed by atoms with Crippen molar-refractivity contribution in [3.8, 4) is 0 Å². The topological polar surface area (TPSA) is 3.24 Å². The van der Waals surface area contributed by atoms with Crippen LogP contribution in [-0.4, -0.2) is 24.5 Å². The van der Waals surface area contributed by atoms with E-state index in [0.717, 1.165) is 0 Å². The van der Waals surface area contributed by atoms with Crippen molar-refractivity contribution in [3.63, 3.8) is 0 Å². The highest BCUT2D eigenvalue weighted by molar-refractivity contribution is 5.00. The fourth-order valence-corrected chi connectivity index (χ4v) is 1.66. The molecule has 0 aromatic carbocycles. The van der Waals surface area contributed by atoms with Gasteiger partial charge in [0.25, 0.3) is 0 Å². The fourth-order valence-electron chi connectivity index (χ4n) is 1.66. The Morgan fingerprint density at radius 2 is 1.38 bits per heavy atom. The normalized spacial score (nSPS) is 31.5. The predicted octanol–water partition coefficient (Wildman–Crippen LogP) is 1.06. The van der Waals surface area contributed by atoms with Crippen LogP contribution in [0.1, 0.15) is 19.3 Å². The summed E-state index contributed by atoms with van der Waals surface area (Å²) in [4.78, 5) is 2.56. The first kappa shape index (κ1) is 4.80. The summed E-state index contributed by atoms with van der Waals surface area (Å²) in [7, 11) is 0. The molecule has 0 aromatic heterocycles. The van der Waals surface area contributed by atoms with Crippen LogP contribution in [0.4, 0.5) is 0 Å². The number of hydrogen-bond donors (Lipinski definition) is 0. The second-order valence-electron chi connectivity index (χ2n) is 2.84. The number of hydrogen-bond acceptors (Lipinski definition) is 1. The molecule has 1 nitrogen and oxygen atoms in total. The van der Waals surface area contributed by atoms with E-state index >= 15 is 0 Å². The van der Waals surface area contributed by atoms with Crippen molar-refractivity contribution in [1.29, 1.82) is 0 Å². The van der Waals surface area contributed by atoms with E-state index in [4.69, 9.17) is 0 Å². The molecule has 0 unspecified atom stereocenters. The third kappa shape index (κ3) is 0.655. The second kappa shape index (κ2) is 1.73. The Morgan fingerprint density at radius 3 is 1.50 bits per heavy atom. The standard InChI is InChI=1S/C7H12N/c1-4-8-5-2-7(1)3-6-8/h1-6H2. The first-order valence-electron chi connectivity index (χ1n) is 3.51. The van der Waals surface area contributed by atoms with Crippen molar-refractivity contribution < 1.29 is 0 Å². The van der Waals surface area contributed by atoms with E-state index in [1.165, 1.54) is 38.9 Å². The number of nitrogens with zero attached hydrogens (tertiary/aromatic N) is 1. The average molecular weight is 110 g/mol. The van der Waals surface area contributed by atoms with Gasteiger partial charge < -0.3 is 4.90 Å². The van der Waals surface area contributed by atoms with Gasteiger partial charge in [0.2, 0.25) is 0 Å². The van der Waals surface area contributed by atoms with Crippen molar-refractivity contribution in [2.24, 2.45) is 0 Å². The molecule has 1 radical (unpaired) electrons. The summed E-state index contributed by atoms with van der Waals surface area (Å²) >= 11 is 0. The molecule has 1 heteroatoms. The molecule has 3 saturated heterocycles. The van der Waals surface area contributed by atoms with Gasteiger partial charge in [0, 0.05) is 0 Å². The quantitative estimate of drug-likeness (QED) is 0.450. The lowest BCUT2D eigenvalue weighted by atomic mass is 9.89. The van der Waals surface area contributed by atoms with Crippen molar-refractivity contribution >= 4 is 0 Å². The Bertz CT molecular complexity index is 59.4. The maximum atomic E-state index is 2.56. The van der Waals surface area contributed by atoms with E-state index in [0.29, 0.717) is 0 Å². The highest BCUT2D eigenvalue weighted by Gasteiger charge is 2.24. The molecule has 0 N–H and O–H groups in total. The molecule has 3 fully saturated rings. The highest BCUT2D eigenvalue weighted by atomic mass is 15.1. The largest absolute Gasteiger partial charge is 0.303 e. The van der Waals surface area contributed by atoms with E-state index in [2.05, 4.69) is 4.90 Å². The molecule has 3 aliphatic rings. The van der Waals surface area contributed by atoms with Gasteiger partial charge in [0.15, 0.2) is 0 Å². The van der Waals surface area contributed by atoms with Crippen LogP contribution in [0.3, 0.4) is 0 Å². The van der Waals surface area contributed by atoms with Crippen molar-refractivity contribution in [1.82, 2.24) is 4.90 Å². The van der Waals surface area contributed by atoms with Crippen LogP contribution in [-0.2, 0) is 0 Å². The molecule has 0 aliphatic carbocycles. The smallest absolute Gasteiger partial charge is 0.00132 e. The van der Waals surface area contributed by atoms with E-state index in [-0.39, 0.29) is 0 Å². The molecular weight excluding hydrogens is 98.1 g/mol. The molecule has 8 heavy (non-hydrogen) atoms. The van der Waals surface area contributed by atoms with Crippen LogP contribution in [0, 0.1) is 5.92 Å². The van der Waals surface area contributed by atoms with Crippen LogP contribution in [0.15, 0.2) is 0 Å². The maximum Gasteiger partial charge on any atom is -0.00132 e.